The van der Waals surface area contributed by atoms with Crippen LogP contribution in [0.25, 0.3) is 16.9 Å². The summed E-state index contributed by atoms with van der Waals surface area (Å²) in [6.07, 6.45) is 6.61. The second-order valence-electron chi connectivity index (χ2n) is 7.65. The number of piperazine rings is 1. The molecule has 0 saturated carbocycles. The highest BCUT2D eigenvalue weighted by Gasteiger charge is 2.18. The van der Waals surface area contributed by atoms with E-state index in [1.807, 2.05) is 16.7 Å². The molecule has 7 heteroatoms. The molecule has 0 amide bonds. The number of pyridine rings is 1. The van der Waals surface area contributed by atoms with Crippen molar-refractivity contribution < 1.29 is 9.47 Å². The van der Waals surface area contributed by atoms with Gasteiger partial charge in [-0.1, -0.05) is 24.9 Å². The average molecular weight is 429 g/mol. The summed E-state index contributed by atoms with van der Waals surface area (Å²) in [6.45, 7) is 7.79. The van der Waals surface area contributed by atoms with Crippen molar-refractivity contribution in [2.75, 3.05) is 51.8 Å². The SMILES string of the molecule is CCCCN1CCN(c2ccn3cc(-c4cc(Cl)c(OC)cc4OC)nc3c2)CC1. The number of anilines is 1. The maximum Gasteiger partial charge on any atom is 0.141 e. The Labute approximate surface area is 183 Å². The Hall–Kier alpha value is -2.44. The second kappa shape index (κ2) is 9.14. The first-order chi connectivity index (χ1) is 14.6. The first kappa shape index (κ1) is 20.8. The van der Waals surface area contributed by atoms with Gasteiger partial charge in [-0.05, 0) is 25.1 Å². The van der Waals surface area contributed by atoms with Crippen LogP contribution in [0.3, 0.4) is 0 Å². The molecule has 3 heterocycles. The van der Waals surface area contributed by atoms with Crippen LogP contribution in [0.1, 0.15) is 19.8 Å². The smallest absolute Gasteiger partial charge is 0.141 e. The molecule has 160 valence electrons. The van der Waals surface area contributed by atoms with Gasteiger partial charge in [0.2, 0.25) is 0 Å². The Kier molecular flexibility index (Phi) is 6.35. The number of methoxy groups -OCH3 is 2. The fourth-order valence-electron chi connectivity index (χ4n) is 3.97. The highest BCUT2D eigenvalue weighted by molar-refractivity contribution is 6.32. The molecule has 6 nitrogen and oxygen atoms in total. The Bertz CT molecular complexity index is 1010. The molecule has 30 heavy (non-hydrogen) atoms. The molecule has 0 N–H and O–H groups in total. The predicted octanol–water partition coefficient (Wildman–Crippen LogP) is 4.59. The summed E-state index contributed by atoms with van der Waals surface area (Å²) in [5, 5.41) is 0.534. The number of ether oxygens (including phenoxy) is 2. The molecule has 4 rings (SSSR count). The van der Waals surface area contributed by atoms with Crippen LogP contribution in [0.4, 0.5) is 5.69 Å². The first-order valence-corrected chi connectivity index (χ1v) is 10.9. The minimum absolute atomic E-state index is 0.534. The molecule has 0 aliphatic carbocycles. The summed E-state index contributed by atoms with van der Waals surface area (Å²) in [4.78, 5) is 9.85. The number of hydrogen-bond donors (Lipinski definition) is 0. The summed E-state index contributed by atoms with van der Waals surface area (Å²) in [5.41, 5.74) is 3.79. The summed E-state index contributed by atoms with van der Waals surface area (Å²) in [7, 11) is 3.23. The van der Waals surface area contributed by atoms with Crippen LogP contribution in [-0.2, 0) is 0 Å². The van der Waals surface area contributed by atoms with E-state index in [2.05, 4.69) is 35.1 Å². The van der Waals surface area contributed by atoms with Crippen molar-refractivity contribution in [2.24, 2.45) is 0 Å². The molecule has 2 aromatic heterocycles. The summed E-state index contributed by atoms with van der Waals surface area (Å²) < 4.78 is 12.9. The highest BCUT2D eigenvalue weighted by Crippen LogP contribution is 2.38. The van der Waals surface area contributed by atoms with Crippen molar-refractivity contribution in [3.8, 4) is 22.8 Å². The molecule has 0 bridgehead atoms. The van der Waals surface area contributed by atoms with Gasteiger partial charge in [-0.15, -0.1) is 0 Å². The van der Waals surface area contributed by atoms with Gasteiger partial charge in [0, 0.05) is 62.0 Å². The van der Waals surface area contributed by atoms with Gasteiger partial charge in [0.25, 0.3) is 0 Å². The van der Waals surface area contributed by atoms with E-state index in [-0.39, 0.29) is 0 Å². The van der Waals surface area contributed by atoms with Gasteiger partial charge in [-0.2, -0.15) is 0 Å². The van der Waals surface area contributed by atoms with Crippen molar-refractivity contribution in [1.29, 1.82) is 0 Å². The van der Waals surface area contributed by atoms with E-state index in [0.717, 1.165) is 43.1 Å². The molecule has 1 saturated heterocycles. The zero-order valence-corrected chi connectivity index (χ0v) is 18.7. The fourth-order valence-corrected chi connectivity index (χ4v) is 4.21. The molecule has 3 aromatic rings. The summed E-state index contributed by atoms with van der Waals surface area (Å²) >= 11 is 6.35. The molecule has 0 atom stereocenters. The van der Waals surface area contributed by atoms with E-state index in [9.17, 15) is 0 Å². The zero-order chi connectivity index (χ0) is 21.1. The maximum absolute atomic E-state index is 6.35. The Morgan fingerprint density at radius 1 is 1.03 bits per heavy atom. The maximum atomic E-state index is 6.35. The lowest BCUT2D eigenvalue weighted by atomic mass is 10.1. The largest absolute Gasteiger partial charge is 0.496 e. The third-order valence-electron chi connectivity index (χ3n) is 5.76. The van der Waals surface area contributed by atoms with E-state index in [4.69, 9.17) is 26.1 Å². The van der Waals surface area contributed by atoms with Gasteiger partial charge in [0.1, 0.15) is 17.1 Å². The van der Waals surface area contributed by atoms with Crippen molar-refractivity contribution in [3.63, 3.8) is 0 Å². The molecule has 0 unspecified atom stereocenters. The van der Waals surface area contributed by atoms with Gasteiger partial charge >= 0.3 is 0 Å². The second-order valence-corrected chi connectivity index (χ2v) is 8.05. The van der Waals surface area contributed by atoms with Crippen LogP contribution >= 0.6 is 11.6 Å². The zero-order valence-electron chi connectivity index (χ0n) is 17.9. The lowest BCUT2D eigenvalue weighted by molar-refractivity contribution is 0.254. The monoisotopic (exact) mass is 428 g/mol. The number of unbranched alkanes of at least 4 members (excludes halogenated alkanes) is 1. The number of imidazole rings is 1. The van der Waals surface area contributed by atoms with E-state index < -0.39 is 0 Å². The minimum atomic E-state index is 0.534. The first-order valence-electron chi connectivity index (χ1n) is 10.5. The Morgan fingerprint density at radius 2 is 1.80 bits per heavy atom. The van der Waals surface area contributed by atoms with E-state index in [1.165, 1.54) is 25.1 Å². The van der Waals surface area contributed by atoms with E-state index in [0.29, 0.717) is 16.5 Å². The Morgan fingerprint density at radius 3 is 2.50 bits per heavy atom. The number of fused-ring (bicyclic) bond motifs is 1. The molecule has 0 spiro atoms. The highest BCUT2D eigenvalue weighted by atomic mass is 35.5. The van der Waals surface area contributed by atoms with Crippen molar-refractivity contribution in [3.05, 3.63) is 41.7 Å². The normalized spacial score (nSPS) is 15.0. The number of aromatic nitrogens is 2. The van der Waals surface area contributed by atoms with Crippen LogP contribution in [0.2, 0.25) is 5.02 Å². The molecule has 1 aliphatic rings. The van der Waals surface area contributed by atoms with E-state index >= 15 is 0 Å². The summed E-state index contributed by atoms with van der Waals surface area (Å²) in [5.74, 6) is 1.27. The van der Waals surface area contributed by atoms with Crippen LogP contribution in [0.15, 0.2) is 36.7 Å². The van der Waals surface area contributed by atoms with Crippen LogP contribution < -0.4 is 14.4 Å². The average Bonchev–Trinajstić information content (AvgIpc) is 3.21. The van der Waals surface area contributed by atoms with Crippen molar-refractivity contribution >= 4 is 22.9 Å². The minimum Gasteiger partial charge on any atom is -0.496 e. The number of halogens is 1. The summed E-state index contributed by atoms with van der Waals surface area (Å²) in [6, 6.07) is 7.96. The lowest BCUT2D eigenvalue weighted by Gasteiger charge is -2.36. The standard InChI is InChI=1S/C23H29ClN4O2/c1-4-5-7-26-9-11-27(12-10-26)17-6-8-28-16-20(25-23(28)13-17)18-14-19(24)22(30-3)15-21(18)29-2/h6,8,13-16H,4-5,7,9-12H2,1-3H3. The molecular formula is C23H29ClN4O2. The third kappa shape index (κ3) is 4.20. The van der Waals surface area contributed by atoms with Gasteiger partial charge < -0.3 is 18.8 Å². The van der Waals surface area contributed by atoms with Crippen molar-refractivity contribution in [2.45, 2.75) is 19.8 Å². The topological polar surface area (TPSA) is 42.2 Å². The molecule has 1 aromatic carbocycles. The Balaban J connectivity index is 1.57. The fraction of sp³-hybridized carbons (Fsp3) is 0.435. The van der Waals surface area contributed by atoms with Gasteiger partial charge in [-0.25, -0.2) is 4.98 Å². The number of nitrogens with zero attached hydrogens (tertiary/aromatic N) is 4. The van der Waals surface area contributed by atoms with Gasteiger partial charge in [0.05, 0.1) is 24.9 Å². The third-order valence-corrected chi connectivity index (χ3v) is 6.05. The van der Waals surface area contributed by atoms with E-state index in [1.54, 1.807) is 20.3 Å². The molecular weight excluding hydrogens is 400 g/mol. The molecule has 1 aliphatic heterocycles. The van der Waals surface area contributed by atoms with Crippen molar-refractivity contribution in [1.82, 2.24) is 14.3 Å². The van der Waals surface area contributed by atoms with Gasteiger partial charge in [-0.3, -0.25) is 4.90 Å². The molecule has 0 radical (unpaired) electrons. The molecule has 1 fully saturated rings. The number of benzene rings is 1. The van der Waals surface area contributed by atoms with Crippen LogP contribution in [-0.4, -0.2) is 61.2 Å². The lowest BCUT2D eigenvalue weighted by Crippen LogP contribution is -2.46. The van der Waals surface area contributed by atoms with Gasteiger partial charge in [0.15, 0.2) is 0 Å². The number of hydrogen-bond acceptors (Lipinski definition) is 5. The quantitative estimate of drug-likeness (QED) is 0.550. The van der Waals surface area contributed by atoms with Crippen LogP contribution in [0.5, 0.6) is 11.5 Å². The number of rotatable bonds is 7. The van der Waals surface area contributed by atoms with Crippen LogP contribution in [0, 0.1) is 0 Å². The predicted molar refractivity (Wildman–Crippen MR) is 122 cm³/mol.